The molecule has 0 saturated heterocycles. The van der Waals surface area contributed by atoms with E-state index in [0.29, 0.717) is 18.2 Å². The third-order valence-electron chi connectivity index (χ3n) is 3.34. The van der Waals surface area contributed by atoms with Crippen molar-refractivity contribution in [1.82, 2.24) is 5.32 Å². The van der Waals surface area contributed by atoms with Crippen molar-refractivity contribution < 1.29 is 9.50 Å². The molecule has 2 unspecified atom stereocenters. The molecule has 94 valence electrons. The molecule has 2 N–H and O–H groups in total. The van der Waals surface area contributed by atoms with Gasteiger partial charge in [0.2, 0.25) is 0 Å². The fourth-order valence-electron chi connectivity index (χ4n) is 2.29. The van der Waals surface area contributed by atoms with E-state index in [0.717, 1.165) is 11.7 Å². The van der Waals surface area contributed by atoms with Crippen molar-refractivity contribution in [2.24, 2.45) is 0 Å². The number of nitrogens with one attached hydrogen (secondary N) is 1. The molecular formula is C13H18FNOS. The van der Waals surface area contributed by atoms with E-state index in [1.807, 2.05) is 11.8 Å². The highest BCUT2D eigenvalue weighted by Crippen LogP contribution is 2.28. The predicted molar refractivity (Wildman–Crippen MR) is 69.8 cm³/mol. The first-order valence-corrected chi connectivity index (χ1v) is 7.21. The van der Waals surface area contributed by atoms with Crippen molar-refractivity contribution in [2.75, 3.05) is 6.26 Å². The van der Waals surface area contributed by atoms with Crippen molar-refractivity contribution in [3.8, 4) is 5.75 Å². The molecule has 0 heterocycles. The highest BCUT2D eigenvalue weighted by molar-refractivity contribution is 7.99. The third kappa shape index (κ3) is 3.36. The van der Waals surface area contributed by atoms with E-state index in [9.17, 15) is 9.50 Å². The molecule has 2 nitrogen and oxygen atoms in total. The molecule has 0 aromatic heterocycles. The Kier molecular flexibility index (Phi) is 4.29. The first-order valence-electron chi connectivity index (χ1n) is 5.92. The summed E-state index contributed by atoms with van der Waals surface area (Å²) in [6.07, 6.45) is 5.72. The van der Waals surface area contributed by atoms with Crippen LogP contribution in [0.3, 0.4) is 0 Å². The summed E-state index contributed by atoms with van der Waals surface area (Å²) in [6, 6.07) is 4.57. The fourth-order valence-corrected chi connectivity index (χ4v) is 3.09. The van der Waals surface area contributed by atoms with Gasteiger partial charge in [0.05, 0.1) is 0 Å². The Hall–Kier alpha value is -0.740. The SMILES string of the molecule is CSC1CCC(NCc2cc(F)ccc2O)C1. The number of thioether (sulfide) groups is 1. The minimum atomic E-state index is -0.298. The van der Waals surface area contributed by atoms with Gasteiger partial charge in [-0.25, -0.2) is 4.39 Å². The maximum absolute atomic E-state index is 13.0. The van der Waals surface area contributed by atoms with E-state index in [-0.39, 0.29) is 11.6 Å². The molecule has 1 aromatic rings. The molecule has 1 aliphatic carbocycles. The number of phenolic OH excluding ortho intramolecular Hbond substituents is 1. The minimum absolute atomic E-state index is 0.165. The van der Waals surface area contributed by atoms with Gasteiger partial charge < -0.3 is 10.4 Å². The third-order valence-corrected chi connectivity index (χ3v) is 4.44. The van der Waals surface area contributed by atoms with Gasteiger partial charge in [-0.05, 0) is 43.7 Å². The molecule has 2 atom stereocenters. The molecule has 2 rings (SSSR count). The highest BCUT2D eigenvalue weighted by Gasteiger charge is 2.23. The molecule has 1 aliphatic rings. The summed E-state index contributed by atoms with van der Waals surface area (Å²) in [5, 5.41) is 13.7. The van der Waals surface area contributed by atoms with Crippen molar-refractivity contribution in [3.05, 3.63) is 29.6 Å². The van der Waals surface area contributed by atoms with Crippen molar-refractivity contribution in [2.45, 2.75) is 37.1 Å². The highest BCUT2D eigenvalue weighted by atomic mass is 32.2. The van der Waals surface area contributed by atoms with E-state index >= 15 is 0 Å². The van der Waals surface area contributed by atoms with Gasteiger partial charge in [0.25, 0.3) is 0 Å². The Morgan fingerprint density at radius 3 is 3.00 bits per heavy atom. The number of rotatable bonds is 4. The van der Waals surface area contributed by atoms with Gasteiger partial charge in [0, 0.05) is 23.4 Å². The second kappa shape index (κ2) is 5.74. The number of phenols is 1. The lowest BCUT2D eigenvalue weighted by Gasteiger charge is -2.13. The molecule has 0 amide bonds. The van der Waals surface area contributed by atoms with E-state index in [4.69, 9.17) is 0 Å². The molecule has 1 saturated carbocycles. The van der Waals surface area contributed by atoms with Gasteiger partial charge in [-0.2, -0.15) is 11.8 Å². The topological polar surface area (TPSA) is 32.3 Å². The second-order valence-corrected chi connectivity index (χ2v) is 5.66. The molecule has 4 heteroatoms. The standard InChI is InChI=1S/C13H18FNOS/c1-17-12-4-3-11(7-12)15-8-9-6-10(14)2-5-13(9)16/h2,5-6,11-12,15-16H,3-4,7-8H2,1H3. The van der Waals surface area contributed by atoms with Crippen LogP contribution in [-0.4, -0.2) is 22.7 Å². The quantitative estimate of drug-likeness (QED) is 0.867. The first kappa shape index (κ1) is 12.7. The van der Waals surface area contributed by atoms with Crippen LogP contribution in [0.4, 0.5) is 4.39 Å². The van der Waals surface area contributed by atoms with Gasteiger partial charge in [-0.15, -0.1) is 0 Å². The summed E-state index contributed by atoms with van der Waals surface area (Å²) in [5.74, 6) is -0.133. The number of benzene rings is 1. The van der Waals surface area contributed by atoms with Gasteiger partial charge in [0.1, 0.15) is 11.6 Å². The normalized spacial score (nSPS) is 24.1. The Morgan fingerprint density at radius 2 is 2.29 bits per heavy atom. The van der Waals surface area contributed by atoms with Crippen molar-refractivity contribution >= 4 is 11.8 Å². The van der Waals surface area contributed by atoms with Gasteiger partial charge in [0.15, 0.2) is 0 Å². The first-order chi connectivity index (χ1) is 8.19. The monoisotopic (exact) mass is 255 g/mol. The molecule has 1 aromatic carbocycles. The molecule has 0 radical (unpaired) electrons. The fraction of sp³-hybridized carbons (Fsp3) is 0.538. The van der Waals surface area contributed by atoms with Crippen LogP contribution >= 0.6 is 11.8 Å². The van der Waals surface area contributed by atoms with Crippen LogP contribution in [0.25, 0.3) is 0 Å². The average molecular weight is 255 g/mol. The van der Waals surface area contributed by atoms with Crippen LogP contribution in [0.2, 0.25) is 0 Å². The maximum atomic E-state index is 13.0. The molecule has 0 bridgehead atoms. The smallest absolute Gasteiger partial charge is 0.123 e. The average Bonchev–Trinajstić information content (AvgIpc) is 2.78. The lowest BCUT2D eigenvalue weighted by molar-refractivity contribution is 0.453. The number of hydrogen-bond acceptors (Lipinski definition) is 3. The van der Waals surface area contributed by atoms with E-state index in [1.54, 1.807) is 0 Å². The van der Waals surface area contributed by atoms with Gasteiger partial charge in [-0.3, -0.25) is 0 Å². The zero-order chi connectivity index (χ0) is 12.3. The molecule has 0 spiro atoms. The number of hydrogen-bond donors (Lipinski definition) is 2. The van der Waals surface area contributed by atoms with E-state index in [1.165, 1.54) is 31.0 Å². The minimum Gasteiger partial charge on any atom is -0.508 e. The van der Waals surface area contributed by atoms with Crippen molar-refractivity contribution in [3.63, 3.8) is 0 Å². The number of aromatic hydroxyl groups is 1. The van der Waals surface area contributed by atoms with Crippen LogP contribution in [0.5, 0.6) is 5.75 Å². The lowest BCUT2D eigenvalue weighted by Crippen LogP contribution is -2.26. The lowest BCUT2D eigenvalue weighted by atomic mass is 10.1. The Bertz CT molecular complexity index is 386. The summed E-state index contributed by atoms with van der Waals surface area (Å²) in [4.78, 5) is 0. The summed E-state index contributed by atoms with van der Waals surface area (Å²) in [6.45, 7) is 0.537. The Balaban J connectivity index is 1.88. The van der Waals surface area contributed by atoms with Crippen LogP contribution < -0.4 is 5.32 Å². The predicted octanol–water partition coefficient (Wildman–Crippen LogP) is 2.91. The van der Waals surface area contributed by atoms with Crippen LogP contribution in [0, 0.1) is 5.82 Å². The zero-order valence-corrected chi connectivity index (χ0v) is 10.8. The Labute approximate surface area is 106 Å². The molecular weight excluding hydrogens is 237 g/mol. The van der Waals surface area contributed by atoms with Crippen molar-refractivity contribution in [1.29, 1.82) is 0 Å². The summed E-state index contributed by atoms with van der Waals surface area (Å²) >= 11 is 1.91. The number of halogens is 1. The van der Waals surface area contributed by atoms with Gasteiger partial charge >= 0.3 is 0 Å². The molecule has 17 heavy (non-hydrogen) atoms. The van der Waals surface area contributed by atoms with Crippen LogP contribution in [0.1, 0.15) is 24.8 Å². The van der Waals surface area contributed by atoms with E-state index < -0.39 is 0 Å². The van der Waals surface area contributed by atoms with Crippen LogP contribution in [0.15, 0.2) is 18.2 Å². The summed E-state index contributed by atoms with van der Waals surface area (Å²) in [5.41, 5.74) is 0.637. The van der Waals surface area contributed by atoms with Gasteiger partial charge in [-0.1, -0.05) is 0 Å². The summed E-state index contributed by atoms with van der Waals surface area (Å²) < 4.78 is 13.0. The van der Waals surface area contributed by atoms with Crippen LogP contribution in [-0.2, 0) is 6.54 Å². The molecule has 1 fully saturated rings. The maximum Gasteiger partial charge on any atom is 0.123 e. The zero-order valence-electron chi connectivity index (χ0n) is 9.95. The second-order valence-electron chi connectivity index (χ2n) is 4.52. The van der Waals surface area contributed by atoms with E-state index in [2.05, 4.69) is 11.6 Å². The largest absolute Gasteiger partial charge is 0.508 e. The molecule has 0 aliphatic heterocycles. The summed E-state index contributed by atoms with van der Waals surface area (Å²) in [7, 11) is 0. The Morgan fingerprint density at radius 1 is 1.47 bits per heavy atom.